The first-order valence-corrected chi connectivity index (χ1v) is 7.69. The first kappa shape index (κ1) is 14.5. The van der Waals surface area contributed by atoms with Gasteiger partial charge < -0.3 is 10.6 Å². The molecule has 0 unspecified atom stereocenters. The molecule has 20 heavy (non-hydrogen) atoms. The van der Waals surface area contributed by atoms with E-state index in [0.717, 1.165) is 10.6 Å². The Labute approximate surface area is 123 Å². The number of rotatable bonds is 4. The molecule has 0 aliphatic carbocycles. The molecule has 2 aromatic carbocycles. The summed E-state index contributed by atoms with van der Waals surface area (Å²) in [4.78, 5) is 15.4. The Bertz CT molecular complexity index is 578. The van der Waals surface area contributed by atoms with Gasteiger partial charge in [0, 0.05) is 28.4 Å². The summed E-state index contributed by atoms with van der Waals surface area (Å²) in [5.74, 6) is 0.00456. The van der Waals surface area contributed by atoms with E-state index in [1.807, 2.05) is 61.7 Å². The highest BCUT2D eigenvalue weighted by molar-refractivity contribution is 7.98. The summed E-state index contributed by atoms with van der Waals surface area (Å²) in [5.41, 5.74) is 7.94. The van der Waals surface area contributed by atoms with E-state index in [9.17, 15) is 4.79 Å². The van der Waals surface area contributed by atoms with Crippen LogP contribution in [0.3, 0.4) is 0 Å². The molecule has 0 aromatic heterocycles. The van der Waals surface area contributed by atoms with Crippen molar-refractivity contribution in [3.05, 3.63) is 54.1 Å². The average molecular weight is 286 g/mol. The molecule has 0 fully saturated rings. The number of hydrogen-bond donors (Lipinski definition) is 1. The number of nitrogen functional groups attached to an aromatic ring is 1. The number of hydrogen-bond acceptors (Lipinski definition) is 3. The Morgan fingerprint density at radius 3 is 2.20 bits per heavy atom. The zero-order chi connectivity index (χ0) is 14.5. The number of nitrogens with two attached hydrogens (primary N) is 1. The predicted octanol–water partition coefficient (Wildman–Crippen LogP) is 3.66. The lowest BCUT2D eigenvalue weighted by Crippen LogP contribution is -2.30. The van der Waals surface area contributed by atoms with E-state index in [0.29, 0.717) is 17.8 Å². The monoisotopic (exact) mass is 286 g/mol. The van der Waals surface area contributed by atoms with Crippen molar-refractivity contribution in [2.75, 3.05) is 23.4 Å². The summed E-state index contributed by atoms with van der Waals surface area (Å²) in [5, 5.41) is 0. The van der Waals surface area contributed by atoms with Crippen LogP contribution in [-0.2, 0) is 0 Å². The van der Waals surface area contributed by atoms with Gasteiger partial charge in [-0.1, -0.05) is 0 Å². The molecule has 0 aliphatic rings. The molecule has 2 N–H and O–H groups in total. The van der Waals surface area contributed by atoms with Gasteiger partial charge >= 0.3 is 0 Å². The summed E-state index contributed by atoms with van der Waals surface area (Å²) in [6, 6.07) is 15.0. The number of anilines is 2. The summed E-state index contributed by atoms with van der Waals surface area (Å²) in [6.07, 6.45) is 2.02. The van der Waals surface area contributed by atoms with Crippen LogP contribution in [0.15, 0.2) is 53.4 Å². The van der Waals surface area contributed by atoms with Crippen LogP contribution in [0.4, 0.5) is 11.4 Å². The van der Waals surface area contributed by atoms with Gasteiger partial charge in [-0.05, 0) is 61.7 Å². The predicted molar refractivity (Wildman–Crippen MR) is 86.4 cm³/mol. The second-order valence-corrected chi connectivity index (χ2v) is 5.25. The van der Waals surface area contributed by atoms with Gasteiger partial charge in [0.1, 0.15) is 0 Å². The molecule has 3 nitrogen and oxygen atoms in total. The first-order valence-electron chi connectivity index (χ1n) is 6.47. The Morgan fingerprint density at radius 1 is 1.10 bits per heavy atom. The van der Waals surface area contributed by atoms with E-state index in [4.69, 9.17) is 5.73 Å². The minimum absolute atomic E-state index is 0.00456. The van der Waals surface area contributed by atoms with Crippen LogP contribution in [-0.4, -0.2) is 18.7 Å². The standard InChI is InChI=1S/C16H18N2OS/c1-3-18(14-8-6-13(17)7-9-14)16(19)12-4-10-15(20-2)11-5-12/h4-11H,3,17H2,1-2H3. The van der Waals surface area contributed by atoms with E-state index in [1.54, 1.807) is 16.7 Å². The molecule has 104 valence electrons. The maximum Gasteiger partial charge on any atom is 0.258 e. The third-order valence-corrected chi connectivity index (χ3v) is 3.85. The van der Waals surface area contributed by atoms with Crippen molar-refractivity contribution in [2.24, 2.45) is 0 Å². The van der Waals surface area contributed by atoms with Crippen LogP contribution in [0.25, 0.3) is 0 Å². The maximum absolute atomic E-state index is 12.5. The molecule has 0 spiro atoms. The fourth-order valence-electron chi connectivity index (χ4n) is 1.99. The quantitative estimate of drug-likeness (QED) is 0.689. The van der Waals surface area contributed by atoms with E-state index < -0.39 is 0 Å². The van der Waals surface area contributed by atoms with Crippen molar-refractivity contribution >= 4 is 29.0 Å². The van der Waals surface area contributed by atoms with Gasteiger partial charge in [-0.25, -0.2) is 0 Å². The number of amides is 1. The smallest absolute Gasteiger partial charge is 0.258 e. The number of thioether (sulfide) groups is 1. The number of carbonyl (C=O) groups is 1. The van der Waals surface area contributed by atoms with Crippen LogP contribution in [0.2, 0.25) is 0 Å². The summed E-state index contributed by atoms with van der Waals surface area (Å²) < 4.78 is 0. The van der Waals surface area contributed by atoms with Gasteiger partial charge in [0.2, 0.25) is 0 Å². The van der Waals surface area contributed by atoms with E-state index in [2.05, 4.69) is 0 Å². The number of carbonyl (C=O) groups excluding carboxylic acids is 1. The van der Waals surface area contributed by atoms with E-state index in [-0.39, 0.29) is 5.91 Å². The molecule has 0 saturated heterocycles. The summed E-state index contributed by atoms with van der Waals surface area (Å²) >= 11 is 1.66. The fourth-order valence-corrected chi connectivity index (χ4v) is 2.40. The van der Waals surface area contributed by atoms with Crippen LogP contribution < -0.4 is 10.6 Å². The minimum Gasteiger partial charge on any atom is -0.399 e. The lowest BCUT2D eigenvalue weighted by molar-refractivity contribution is 0.0988. The van der Waals surface area contributed by atoms with Gasteiger partial charge in [0.25, 0.3) is 5.91 Å². The first-order chi connectivity index (χ1) is 9.65. The van der Waals surface area contributed by atoms with Crippen LogP contribution in [0.5, 0.6) is 0 Å². The molecule has 0 radical (unpaired) electrons. The highest BCUT2D eigenvalue weighted by atomic mass is 32.2. The maximum atomic E-state index is 12.5. The molecule has 0 bridgehead atoms. The van der Waals surface area contributed by atoms with Gasteiger partial charge in [0.15, 0.2) is 0 Å². The molecule has 0 aliphatic heterocycles. The van der Waals surface area contributed by atoms with Gasteiger partial charge in [-0.3, -0.25) is 4.79 Å². The van der Waals surface area contributed by atoms with Crippen molar-refractivity contribution in [1.29, 1.82) is 0 Å². The fraction of sp³-hybridized carbons (Fsp3) is 0.188. The molecule has 4 heteroatoms. The Balaban J connectivity index is 2.26. The molecule has 0 heterocycles. The minimum atomic E-state index is 0.00456. The Kier molecular flexibility index (Phi) is 4.69. The van der Waals surface area contributed by atoms with Crippen molar-refractivity contribution in [3.8, 4) is 0 Å². The topological polar surface area (TPSA) is 46.3 Å². The van der Waals surface area contributed by atoms with Crippen molar-refractivity contribution in [2.45, 2.75) is 11.8 Å². The molecule has 1 amide bonds. The van der Waals surface area contributed by atoms with Crippen molar-refractivity contribution in [3.63, 3.8) is 0 Å². The third-order valence-electron chi connectivity index (χ3n) is 3.10. The lowest BCUT2D eigenvalue weighted by atomic mass is 10.1. The summed E-state index contributed by atoms with van der Waals surface area (Å²) in [6.45, 7) is 2.58. The largest absolute Gasteiger partial charge is 0.399 e. The van der Waals surface area contributed by atoms with Crippen LogP contribution in [0.1, 0.15) is 17.3 Å². The van der Waals surface area contributed by atoms with E-state index in [1.165, 1.54) is 0 Å². The zero-order valence-corrected chi connectivity index (χ0v) is 12.5. The highest BCUT2D eigenvalue weighted by Gasteiger charge is 2.15. The molecule has 2 rings (SSSR count). The molecule has 2 aromatic rings. The highest BCUT2D eigenvalue weighted by Crippen LogP contribution is 2.20. The van der Waals surface area contributed by atoms with Gasteiger partial charge in [-0.2, -0.15) is 0 Å². The SMILES string of the molecule is CCN(C(=O)c1ccc(SC)cc1)c1ccc(N)cc1. The lowest BCUT2D eigenvalue weighted by Gasteiger charge is -2.21. The number of benzene rings is 2. The van der Waals surface area contributed by atoms with E-state index >= 15 is 0 Å². The number of nitrogens with zero attached hydrogens (tertiary/aromatic N) is 1. The summed E-state index contributed by atoms with van der Waals surface area (Å²) in [7, 11) is 0. The zero-order valence-electron chi connectivity index (χ0n) is 11.7. The van der Waals surface area contributed by atoms with Crippen LogP contribution >= 0.6 is 11.8 Å². The average Bonchev–Trinajstić information content (AvgIpc) is 2.50. The van der Waals surface area contributed by atoms with Gasteiger partial charge in [-0.15, -0.1) is 11.8 Å². The van der Waals surface area contributed by atoms with Crippen LogP contribution in [0, 0.1) is 0 Å². The second-order valence-electron chi connectivity index (χ2n) is 4.37. The molecule has 0 atom stereocenters. The molecular formula is C16H18N2OS. The Morgan fingerprint density at radius 2 is 1.70 bits per heavy atom. The molecule has 0 saturated carbocycles. The normalized spacial score (nSPS) is 10.3. The third kappa shape index (κ3) is 3.14. The van der Waals surface area contributed by atoms with Gasteiger partial charge in [0.05, 0.1) is 0 Å². The second kappa shape index (κ2) is 6.48. The van der Waals surface area contributed by atoms with Crippen molar-refractivity contribution < 1.29 is 4.79 Å². The molecular weight excluding hydrogens is 268 g/mol. The Hall–Kier alpha value is -1.94. The van der Waals surface area contributed by atoms with Crippen molar-refractivity contribution in [1.82, 2.24) is 0 Å².